The van der Waals surface area contributed by atoms with Gasteiger partial charge in [-0.3, -0.25) is 5.32 Å². The van der Waals surface area contributed by atoms with Crippen molar-refractivity contribution >= 4 is 0 Å². The molecule has 17 heavy (non-hydrogen) atoms. The minimum atomic E-state index is 0.106. The van der Waals surface area contributed by atoms with Gasteiger partial charge in [-0.05, 0) is 39.2 Å². The first-order chi connectivity index (χ1) is 7.91. The summed E-state index contributed by atoms with van der Waals surface area (Å²) in [4.78, 5) is 0. The van der Waals surface area contributed by atoms with Crippen LogP contribution in [0.5, 0.6) is 0 Å². The molecule has 94 valence electrons. The minimum Gasteiger partial charge on any atom is -0.512 e. The van der Waals surface area contributed by atoms with Crippen LogP contribution in [0.1, 0.15) is 33.6 Å². The van der Waals surface area contributed by atoms with E-state index in [9.17, 15) is 5.11 Å². The van der Waals surface area contributed by atoms with Gasteiger partial charge in [0, 0.05) is 0 Å². The summed E-state index contributed by atoms with van der Waals surface area (Å²) in [7, 11) is 0. The van der Waals surface area contributed by atoms with Gasteiger partial charge < -0.3 is 5.11 Å². The topological polar surface area (TPSA) is 32.3 Å². The van der Waals surface area contributed by atoms with E-state index in [1.165, 1.54) is 16.7 Å². The SMILES string of the molecule is C=C(O)CN[C@H](C(=C)C)C1=C(C)CCC(C)=C1. The summed E-state index contributed by atoms with van der Waals surface area (Å²) < 4.78 is 0. The van der Waals surface area contributed by atoms with Crippen LogP contribution in [0.4, 0.5) is 0 Å². The van der Waals surface area contributed by atoms with Crippen molar-refractivity contribution in [3.63, 3.8) is 0 Å². The van der Waals surface area contributed by atoms with Crippen molar-refractivity contribution in [2.75, 3.05) is 6.54 Å². The molecule has 2 heteroatoms. The lowest BCUT2D eigenvalue weighted by Gasteiger charge is -2.26. The van der Waals surface area contributed by atoms with E-state index in [0.29, 0.717) is 6.54 Å². The molecule has 0 unspecified atom stereocenters. The number of allylic oxidation sites excluding steroid dienone is 2. The number of aliphatic hydroxyl groups is 1. The molecule has 0 spiro atoms. The highest BCUT2D eigenvalue weighted by molar-refractivity contribution is 5.40. The van der Waals surface area contributed by atoms with E-state index < -0.39 is 0 Å². The summed E-state index contributed by atoms with van der Waals surface area (Å²) in [5.41, 5.74) is 5.16. The normalized spacial score (nSPS) is 17.7. The van der Waals surface area contributed by atoms with E-state index in [1.54, 1.807) is 0 Å². The maximum absolute atomic E-state index is 9.18. The lowest BCUT2D eigenvalue weighted by Crippen LogP contribution is -2.34. The maximum Gasteiger partial charge on any atom is 0.0989 e. The van der Waals surface area contributed by atoms with Gasteiger partial charge in [0.15, 0.2) is 0 Å². The second-order valence-corrected chi connectivity index (χ2v) is 4.95. The molecule has 0 aliphatic heterocycles. The zero-order valence-corrected chi connectivity index (χ0v) is 11.1. The Bertz CT molecular complexity index is 388. The summed E-state index contributed by atoms with van der Waals surface area (Å²) in [5, 5.41) is 12.5. The molecule has 0 saturated carbocycles. The molecule has 0 heterocycles. The van der Waals surface area contributed by atoms with Crippen LogP contribution in [0.2, 0.25) is 0 Å². The predicted octanol–water partition coefficient (Wildman–Crippen LogP) is 3.65. The van der Waals surface area contributed by atoms with Crippen LogP contribution in [-0.4, -0.2) is 17.7 Å². The van der Waals surface area contributed by atoms with Crippen LogP contribution in [0.15, 0.2) is 47.3 Å². The number of rotatable bonds is 5. The monoisotopic (exact) mass is 233 g/mol. The van der Waals surface area contributed by atoms with Crippen molar-refractivity contribution in [3.8, 4) is 0 Å². The smallest absolute Gasteiger partial charge is 0.0989 e. The molecule has 1 aliphatic carbocycles. The van der Waals surface area contributed by atoms with Gasteiger partial charge in [0.25, 0.3) is 0 Å². The molecule has 0 aromatic carbocycles. The average molecular weight is 233 g/mol. The third-order valence-corrected chi connectivity index (χ3v) is 3.10. The first-order valence-electron chi connectivity index (χ1n) is 6.04. The molecule has 1 atom stereocenters. The van der Waals surface area contributed by atoms with Gasteiger partial charge in [0.2, 0.25) is 0 Å². The molecule has 0 radical (unpaired) electrons. The number of hydrogen-bond donors (Lipinski definition) is 2. The van der Waals surface area contributed by atoms with Crippen molar-refractivity contribution in [3.05, 3.63) is 47.3 Å². The van der Waals surface area contributed by atoms with Gasteiger partial charge in [-0.25, -0.2) is 0 Å². The molecule has 1 rings (SSSR count). The van der Waals surface area contributed by atoms with Crippen molar-refractivity contribution in [1.29, 1.82) is 0 Å². The van der Waals surface area contributed by atoms with E-state index in [0.717, 1.165) is 18.4 Å². The van der Waals surface area contributed by atoms with Crippen molar-refractivity contribution in [2.24, 2.45) is 0 Å². The summed E-state index contributed by atoms with van der Waals surface area (Å²) >= 11 is 0. The van der Waals surface area contributed by atoms with Crippen LogP contribution in [0.3, 0.4) is 0 Å². The van der Waals surface area contributed by atoms with Gasteiger partial charge in [0.05, 0.1) is 18.3 Å². The quantitative estimate of drug-likeness (QED) is 0.561. The summed E-state index contributed by atoms with van der Waals surface area (Å²) in [6, 6.07) is 0.106. The lowest BCUT2D eigenvalue weighted by atomic mass is 9.87. The van der Waals surface area contributed by atoms with Gasteiger partial charge in [-0.15, -0.1) is 0 Å². The molecule has 2 N–H and O–H groups in total. The van der Waals surface area contributed by atoms with Gasteiger partial charge in [-0.2, -0.15) is 0 Å². The van der Waals surface area contributed by atoms with Crippen LogP contribution >= 0.6 is 0 Å². The van der Waals surface area contributed by atoms with E-state index in [2.05, 4.69) is 38.4 Å². The van der Waals surface area contributed by atoms with Crippen LogP contribution in [0.25, 0.3) is 0 Å². The van der Waals surface area contributed by atoms with Crippen molar-refractivity contribution in [1.82, 2.24) is 5.32 Å². The second kappa shape index (κ2) is 5.87. The fourth-order valence-corrected chi connectivity index (χ4v) is 2.09. The molecule has 2 nitrogen and oxygen atoms in total. The highest BCUT2D eigenvalue weighted by Gasteiger charge is 2.18. The Hall–Kier alpha value is -1.28. The molecule has 0 bridgehead atoms. The molecular weight excluding hydrogens is 210 g/mol. The van der Waals surface area contributed by atoms with E-state index in [1.807, 2.05) is 6.92 Å². The highest BCUT2D eigenvalue weighted by Crippen LogP contribution is 2.27. The Labute approximate surface area is 104 Å². The zero-order valence-electron chi connectivity index (χ0n) is 11.1. The number of hydrogen-bond acceptors (Lipinski definition) is 2. The van der Waals surface area contributed by atoms with Gasteiger partial charge in [0.1, 0.15) is 0 Å². The van der Waals surface area contributed by atoms with Crippen molar-refractivity contribution < 1.29 is 5.11 Å². The van der Waals surface area contributed by atoms with E-state index in [-0.39, 0.29) is 11.8 Å². The standard InChI is InChI=1S/C15H23NO/c1-10(2)15(16-9-13(5)17)14-8-11(3)6-7-12(14)4/h8,15-17H,1,5-7,9H2,2-4H3/t15-/m1/s1. The fraction of sp³-hybridized carbons (Fsp3) is 0.467. The van der Waals surface area contributed by atoms with E-state index in [4.69, 9.17) is 0 Å². The zero-order chi connectivity index (χ0) is 13.0. The molecule has 0 aromatic heterocycles. The first kappa shape index (κ1) is 13.8. The Morgan fingerprint density at radius 1 is 1.41 bits per heavy atom. The Morgan fingerprint density at radius 3 is 2.59 bits per heavy atom. The van der Waals surface area contributed by atoms with Gasteiger partial charge >= 0.3 is 0 Å². The van der Waals surface area contributed by atoms with Crippen LogP contribution in [0, 0.1) is 0 Å². The molecular formula is C15H23NO. The Balaban J connectivity index is 2.90. The highest BCUT2D eigenvalue weighted by atomic mass is 16.3. The predicted molar refractivity (Wildman–Crippen MR) is 74.1 cm³/mol. The number of nitrogens with one attached hydrogen (secondary N) is 1. The Kier molecular flexibility index (Phi) is 4.76. The third-order valence-electron chi connectivity index (χ3n) is 3.10. The molecule has 0 amide bonds. The van der Waals surface area contributed by atoms with Crippen molar-refractivity contribution in [2.45, 2.75) is 39.7 Å². The summed E-state index contributed by atoms with van der Waals surface area (Å²) in [6.45, 7) is 14.3. The van der Waals surface area contributed by atoms with E-state index >= 15 is 0 Å². The first-order valence-corrected chi connectivity index (χ1v) is 6.04. The molecule has 0 fully saturated rings. The molecule has 0 saturated heterocycles. The third kappa shape index (κ3) is 3.90. The average Bonchev–Trinajstić information content (AvgIpc) is 2.22. The Morgan fingerprint density at radius 2 is 2.06 bits per heavy atom. The summed E-state index contributed by atoms with van der Waals surface area (Å²) in [5.74, 6) is 0.158. The van der Waals surface area contributed by atoms with Crippen LogP contribution in [-0.2, 0) is 0 Å². The second-order valence-electron chi connectivity index (χ2n) is 4.95. The van der Waals surface area contributed by atoms with Crippen LogP contribution < -0.4 is 5.32 Å². The maximum atomic E-state index is 9.18. The van der Waals surface area contributed by atoms with Gasteiger partial charge in [-0.1, -0.05) is 36.0 Å². The molecule has 1 aliphatic rings. The lowest BCUT2D eigenvalue weighted by molar-refractivity contribution is 0.388. The molecule has 0 aromatic rings. The largest absolute Gasteiger partial charge is 0.512 e. The fourth-order valence-electron chi connectivity index (χ4n) is 2.09. The summed E-state index contributed by atoms with van der Waals surface area (Å²) in [6.07, 6.45) is 4.50. The minimum absolute atomic E-state index is 0.106. The number of aliphatic hydroxyl groups excluding tert-OH is 1.